The van der Waals surface area contributed by atoms with Crippen molar-refractivity contribution in [2.45, 2.75) is 242 Å². The molecule has 12 atom stereocenters. The summed E-state index contributed by atoms with van der Waals surface area (Å²) in [4.78, 5) is 108. The number of piperidine rings is 3. The first-order valence-corrected chi connectivity index (χ1v) is 44.3. The number of carbonyl (C=O) groups is 6. The van der Waals surface area contributed by atoms with E-state index in [1.165, 1.54) is 21.6 Å². The third-order valence-electron chi connectivity index (χ3n) is 32.2. The Balaban J connectivity index is 0.000000125. The van der Waals surface area contributed by atoms with E-state index < -0.39 is 49.7 Å². The normalized spacial score (nSPS) is 35.2. The molecule has 9 amide bonds. The topological polar surface area (TPSA) is 230 Å². The van der Waals surface area contributed by atoms with Gasteiger partial charge in [0.1, 0.15) is 33.9 Å². The van der Waals surface area contributed by atoms with Crippen molar-refractivity contribution in [3.05, 3.63) is 88.0 Å². The SMILES string of the molecule is CCN1C(=O)N(CC)[C@]2(CC[C@@]3(O)[C@H]4Cc5ccc(OC)cc5[C@@]3(CCN4CCCN(C)C)C2)C1=O.COc1ccc2c(c1)[C@]13CCN(CCCN(C)C)[C@H](C2)[C@]1(O)CC[C@]1(C3)C(=O)N(CC2CC2)C(=O)N1CC1CC1.COc1ccc2c(c1)[C@]13CCN(CCN(C)C)[C@H](C2)[C@]1(O)CC[C@]1(C3)C(=O)N(CC2CC2)C(=O)N1CC1CC1. The van der Waals surface area contributed by atoms with Crippen molar-refractivity contribution in [1.29, 1.82) is 0 Å². The lowest BCUT2D eigenvalue weighted by molar-refractivity contribution is -0.188. The lowest BCUT2D eigenvalue weighted by Crippen LogP contribution is -2.76. The van der Waals surface area contributed by atoms with Gasteiger partial charge >= 0.3 is 18.1 Å². The summed E-state index contributed by atoms with van der Waals surface area (Å²) in [6.45, 7) is 15.6. The Morgan fingerprint density at radius 2 is 0.696 bits per heavy atom. The summed E-state index contributed by atoms with van der Waals surface area (Å²) in [5.41, 5.74) is -0.178. The Kier molecular flexibility index (Phi) is 21.1. The first-order chi connectivity index (χ1) is 55.1. The van der Waals surface area contributed by atoms with Crippen LogP contribution in [0, 0.1) is 23.7 Å². The van der Waals surface area contributed by atoms with Crippen molar-refractivity contribution in [3.8, 4) is 17.2 Å². The fourth-order valence-corrected chi connectivity index (χ4v) is 25.4. The first kappa shape index (κ1) is 80.9. The molecule has 7 saturated carbocycles. The largest absolute Gasteiger partial charge is 0.497 e. The summed E-state index contributed by atoms with van der Waals surface area (Å²) in [5, 5.41) is 38.5. The summed E-state index contributed by atoms with van der Waals surface area (Å²) in [6.07, 6.45) is 20.4. The predicted octanol–water partition coefficient (Wildman–Crippen LogP) is 8.59. The van der Waals surface area contributed by atoms with Crippen LogP contribution in [0.4, 0.5) is 14.4 Å². The van der Waals surface area contributed by atoms with Crippen LogP contribution in [-0.2, 0) is 49.9 Å². The molecular formula is C91H132N12O12. The summed E-state index contributed by atoms with van der Waals surface area (Å²) in [7, 11) is 17.7. The molecule has 3 N–H and O–H groups in total. The average Bonchev–Trinajstić information content (AvgIpc) is 1.66. The predicted molar refractivity (Wildman–Crippen MR) is 438 cm³/mol. The van der Waals surface area contributed by atoms with Crippen LogP contribution in [0.15, 0.2) is 54.6 Å². The van der Waals surface area contributed by atoms with Gasteiger partial charge in [-0.25, -0.2) is 14.4 Å². The monoisotopic (exact) mass is 1590 g/mol. The second-order valence-electron chi connectivity index (χ2n) is 39.3. The van der Waals surface area contributed by atoms with Gasteiger partial charge in [0.05, 0.1) is 38.1 Å². The fraction of sp³-hybridized carbons (Fsp3) is 0.736. The lowest BCUT2D eigenvalue weighted by atomic mass is 9.46. The zero-order valence-electron chi connectivity index (χ0n) is 70.9. The molecule has 0 aromatic heterocycles. The number of hydrogen-bond donors (Lipinski definition) is 3. The number of methoxy groups -OCH3 is 3. The highest BCUT2D eigenvalue weighted by Gasteiger charge is 2.76. The van der Waals surface area contributed by atoms with Gasteiger partial charge in [0, 0.05) is 86.7 Å². The summed E-state index contributed by atoms with van der Waals surface area (Å²) in [6, 6.07) is 18.6. The van der Waals surface area contributed by atoms with Crippen molar-refractivity contribution >= 4 is 35.8 Å². The van der Waals surface area contributed by atoms with E-state index in [9.17, 15) is 44.1 Å². The van der Waals surface area contributed by atoms with Crippen molar-refractivity contribution in [3.63, 3.8) is 0 Å². The number of imide groups is 3. The molecule has 0 radical (unpaired) electrons. The molecule has 0 unspecified atom stereocenters. The van der Waals surface area contributed by atoms with E-state index in [1.54, 1.807) is 36.0 Å². The van der Waals surface area contributed by atoms with Gasteiger partial charge in [-0.1, -0.05) is 18.2 Å². The van der Waals surface area contributed by atoms with Gasteiger partial charge in [-0.05, 0) is 356 Å². The molecule has 6 saturated heterocycles. The quantitative estimate of drug-likeness (QED) is 0.0713. The third-order valence-corrected chi connectivity index (χ3v) is 32.2. The van der Waals surface area contributed by atoms with Crippen molar-refractivity contribution in [2.75, 3.05) is 162 Å². The molecule has 6 bridgehead atoms. The van der Waals surface area contributed by atoms with E-state index >= 15 is 0 Å². The van der Waals surface area contributed by atoms with E-state index in [0.29, 0.717) is 121 Å². The molecule has 3 spiro atoms. The summed E-state index contributed by atoms with van der Waals surface area (Å²) in [5.74, 6) is 4.17. The number of carbonyl (C=O) groups excluding carboxylic acids is 6. The highest BCUT2D eigenvalue weighted by Crippen LogP contribution is 2.67. The fourth-order valence-electron chi connectivity index (χ4n) is 25.4. The maximum Gasteiger partial charge on any atom is 0.327 e. The maximum absolute atomic E-state index is 14.5. The summed E-state index contributed by atoms with van der Waals surface area (Å²) < 4.78 is 17.0. The van der Waals surface area contributed by atoms with E-state index in [1.807, 2.05) is 41.8 Å². The minimum Gasteiger partial charge on any atom is -0.497 e. The number of aliphatic hydroxyl groups is 3. The number of benzene rings is 3. The highest BCUT2D eigenvalue weighted by molar-refractivity contribution is 6.09. The zero-order chi connectivity index (χ0) is 80.9. The number of likely N-dealkylation sites (N-methyl/N-ethyl adjacent to an activating group) is 3. The van der Waals surface area contributed by atoms with Gasteiger partial charge < -0.3 is 58.9 Å². The smallest absolute Gasteiger partial charge is 0.327 e. The Labute approximate surface area is 682 Å². The molecule has 10 aliphatic carbocycles. The molecule has 6 heterocycles. The molecule has 24 heteroatoms. The molecule has 6 aliphatic heterocycles. The number of ether oxygens (including phenoxy) is 3. The molecular weight excluding hydrogens is 1450 g/mol. The number of rotatable bonds is 24. The van der Waals surface area contributed by atoms with Crippen LogP contribution in [0.25, 0.3) is 0 Å². The van der Waals surface area contributed by atoms with Gasteiger partial charge in [0.2, 0.25) is 0 Å². The van der Waals surface area contributed by atoms with Crippen molar-refractivity contribution in [1.82, 2.24) is 58.8 Å². The minimum absolute atomic E-state index is 0.00135. The number of likely N-dealkylation sites (tertiary alicyclic amines) is 3. The van der Waals surface area contributed by atoms with Gasteiger partial charge in [0.15, 0.2) is 0 Å². The molecule has 628 valence electrons. The van der Waals surface area contributed by atoms with Crippen LogP contribution < -0.4 is 14.2 Å². The van der Waals surface area contributed by atoms with E-state index in [-0.39, 0.29) is 53.9 Å². The molecule has 16 aliphatic rings. The Bertz CT molecular complexity index is 4260. The van der Waals surface area contributed by atoms with Crippen molar-refractivity contribution in [2.24, 2.45) is 23.7 Å². The van der Waals surface area contributed by atoms with Crippen LogP contribution in [0.3, 0.4) is 0 Å². The first-order valence-electron chi connectivity index (χ1n) is 44.3. The second-order valence-corrected chi connectivity index (χ2v) is 39.3. The Morgan fingerprint density at radius 3 is 1.01 bits per heavy atom. The van der Waals surface area contributed by atoms with E-state index in [4.69, 9.17) is 14.2 Å². The minimum atomic E-state index is -0.962. The lowest BCUT2D eigenvalue weighted by Gasteiger charge is -2.66. The number of urea groups is 3. The molecule has 24 nitrogen and oxygen atoms in total. The van der Waals surface area contributed by atoms with Gasteiger partial charge in [-0.3, -0.25) is 43.8 Å². The number of amides is 9. The average molecular weight is 1590 g/mol. The maximum atomic E-state index is 14.5. The van der Waals surface area contributed by atoms with Crippen LogP contribution in [-0.4, -0.2) is 323 Å². The van der Waals surface area contributed by atoms with Crippen LogP contribution in [0.2, 0.25) is 0 Å². The second kappa shape index (κ2) is 30.0. The molecule has 19 rings (SSSR count). The van der Waals surface area contributed by atoms with Crippen LogP contribution in [0.1, 0.15) is 188 Å². The van der Waals surface area contributed by atoms with Gasteiger partial charge in [-0.15, -0.1) is 0 Å². The van der Waals surface area contributed by atoms with E-state index in [0.717, 1.165) is 196 Å². The standard InChI is InChI=1S/C32H46N4O4.C31H44N4O4.C28H42N4O4/c1-33(2)14-4-15-34-16-13-30-21-31(28(37)35(19-22-5-6-22)29(38)36(31)20-23-7-8-23)11-12-32(30,39)27(34)17-24-9-10-25(40-3)18-26(24)30;1-32(2)14-15-33-13-12-29-20-30(27(36)34(18-21-4-5-21)28(37)35(30)19-22-6-7-22)10-11-31(29,38)26(33)16-23-8-9-24(39-3)17-25(23)29;1-6-31-24(33)27(32(7-2)25(31)34)11-12-28(35)23-17-20-9-10-21(36-5)18-22(20)26(28,19-27)13-16-30(23)15-8-14-29(3)4/h9-10,18,22-23,27,39H,4-8,11-17,19-21H2,1-3H3;8-9,17,21-22,26,38H,4-7,10-16,18-20H2,1-3H3;9-10,18,23,35H,6-8,11-17,19H2,1-5H3/t27-,30-,31+,32-;26-,29-,30+,31-;23-,26-,27+,28-/m111/s1. The molecule has 115 heavy (non-hydrogen) atoms. The molecule has 13 fully saturated rings. The number of fused-ring (bicyclic) bond motifs is 3. The molecule has 3 aromatic rings. The Hall–Kier alpha value is -6.48. The summed E-state index contributed by atoms with van der Waals surface area (Å²) >= 11 is 0. The third kappa shape index (κ3) is 13.0. The van der Waals surface area contributed by atoms with Gasteiger partial charge in [0.25, 0.3) is 17.7 Å². The van der Waals surface area contributed by atoms with Crippen molar-refractivity contribution < 1.29 is 58.3 Å². The number of hydrogen-bond acceptors (Lipinski definition) is 18. The molecule has 3 aromatic carbocycles. The number of nitrogens with zero attached hydrogens (tertiary/aromatic N) is 12. The van der Waals surface area contributed by atoms with Crippen LogP contribution >= 0.6 is 0 Å². The zero-order valence-corrected chi connectivity index (χ0v) is 70.9. The van der Waals surface area contributed by atoms with Gasteiger partial charge in [-0.2, -0.15) is 0 Å². The van der Waals surface area contributed by atoms with E-state index in [2.05, 4.69) is 108 Å². The Morgan fingerprint density at radius 1 is 0.383 bits per heavy atom. The highest BCUT2D eigenvalue weighted by atomic mass is 16.5. The van der Waals surface area contributed by atoms with Crippen LogP contribution in [0.5, 0.6) is 17.2 Å².